The van der Waals surface area contributed by atoms with Crippen molar-refractivity contribution in [2.24, 2.45) is 9.98 Å². The van der Waals surface area contributed by atoms with E-state index in [0.717, 1.165) is 10.4 Å². The lowest BCUT2D eigenvalue weighted by Crippen LogP contribution is -2.24. The van der Waals surface area contributed by atoms with Gasteiger partial charge in [0, 0.05) is 18.8 Å². The Morgan fingerprint density at radius 3 is 2.88 bits per heavy atom. The van der Waals surface area contributed by atoms with Crippen LogP contribution in [0.25, 0.3) is 0 Å². The van der Waals surface area contributed by atoms with E-state index in [0.29, 0.717) is 28.1 Å². The molecule has 0 radical (unpaired) electrons. The van der Waals surface area contributed by atoms with Gasteiger partial charge in [0.25, 0.3) is 0 Å². The molecule has 1 unspecified atom stereocenters. The fourth-order valence-electron chi connectivity index (χ4n) is 2.59. The average Bonchev–Trinajstić information content (AvgIpc) is 3.24. The highest BCUT2D eigenvalue weighted by molar-refractivity contribution is 7.10. The Bertz CT molecular complexity index is 930. The molecule has 3 aromatic heterocycles. The molecule has 4 rings (SSSR count). The number of nitrogens with zero attached hydrogens (tertiary/aromatic N) is 3. The van der Waals surface area contributed by atoms with E-state index >= 15 is 0 Å². The zero-order valence-corrected chi connectivity index (χ0v) is 14.3. The third-order valence-electron chi connectivity index (χ3n) is 3.69. The van der Waals surface area contributed by atoms with Gasteiger partial charge in [-0.3, -0.25) is 4.99 Å². The summed E-state index contributed by atoms with van der Waals surface area (Å²) in [5, 5.41) is 5.76. The van der Waals surface area contributed by atoms with Crippen LogP contribution in [0, 0.1) is 0 Å². The number of rotatable bonds is 2. The molecule has 0 bridgehead atoms. The van der Waals surface area contributed by atoms with Crippen molar-refractivity contribution in [1.29, 1.82) is 0 Å². The van der Waals surface area contributed by atoms with E-state index < -0.39 is 0 Å². The number of pyridine rings is 1. The van der Waals surface area contributed by atoms with Gasteiger partial charge in [0.1, 0.15) is 17.6 Å². The first-order chi connectivity index (χ1) is 11.8. The lowest BCUT2D eigenvalue weighted by atomic mass is 10.1. The maximum Gasteiger partial charge on any atom is 0.163 e. The number of nitrogens with one attached hydrogen (secondary N) is 1. The summed E-state index contributed by atoms with van der Waals surface area (Å²) in [7, 11) is 1.82. The molecular formula is C17H13ClN4OS. The first-order valence-electron chi connectivity index (χ1n) is 7.34. The Labute approximate surface area is 147 Å². The predicted molar refractivity (Wildman–Crippen MR) is 96.8 cm³/mol. The predicted octanol–water partition coefficient (Wildman–Crippen LogP) is 4.23. The summed E-state index contributed by atoms with van der Waals surface area (Å²) in [5.74, 6) is 1.97. The molecule has 120 valence electrons. The molecule has 24 heavy (non-hydrogen) atoms. The number of furan rings is 1. The third-order valence-corrected chi connectivity index (χ3v) is 5.10. The summed E-state index contributed by atoms with van der Waals surface area (Å²) in [6, 6.07) is 9.06. The number of hydrogen-bond acceptors (Lipinski definition) is 6. The van der Waals surface area contributed by atoms with Gasteiger partial charge in [0.2, 0.25) is 0 Å². The fraction of sp³-hybridized carbons (Fsp3) is 0.118. The Morgan fingerprint density at radius 1 is 1.25 bits per heavy atom. The minimum Gasteiger partial charge on any atom is -0.463 e. The van der Waals surface area contributed by atoms with Crippen molar-refractivity contribution in [2.45, 2.75) is 6.04 Å². The van der Waals surface area contributed by atoms with E-state index in [1.165, 1.54) is 0 Å². The molecule has 1 aliphatic rings. The average molecular weight is 357 g/mol. The normalized spacial score (nSPS) is 16.8. The number of aromatic nitrogens is 1. The number of likely N-dealkylation sites (N-methyl/N-ethyl adjacent to an activating group) is 1. The van der Waals surface area contributed by atoms with Crippen molar-refractivity contribution in [1.82, 2.24) is 10.3 Å². The summed E-state index contributed by atoms with van der Waals surface area (Å²) in [6.45, 7) is 0. The molecule has 0 saturated carbocycles. The summed E-state index contributed by atoms with van der Waals surface area (Å²) in [5.41, 5.74) is 1.54. The van der Waals surface area contributed by atoms with E-state index in [9.17, 15) is 0 Å². The van der Waals surface area contributed by atoms with Crippen LogP contribution < -0.4 is 5.32 Å². The molecule has 1 aliphatic heterocycles. The van der Waals surface area contributed by atoms with Gasteiger partial charge < -0.3 is 9.73 Å². The van der Waals surface area contributed by atoms with Gasteiger partial charge in [0.15, 0.2) is 11.6 Å². The molecule has 0 aromatic carbocycles. The van der Waals surface area contributed by atoms with Crippen molar-refractivity contribution in [3.63, 3.8) is 0 Å². The fourth-order valence-corrected chi connectivity index (χ4v) is 3.79. The molecule has 7 heteroatoms. The van der Waals surface area contributed by atoms with Gasteiger partial charge in [-0.05, 0) is 35.7 Å². The first kappa shape index (κ1) is 15.1. The van der Waals surface area contributed by atoms with Gasteiger partial charge in [-0.25, -0.2) is 9.98 Å². The van der Waals surface area contributed by atoms with Crippen LogP contribution in [0.1, 0.15) is 22.2 Å². The summed E-state index contributed by atoms with van der Waals surface area (Å²) < 4.78 is 5.59. The smallest absolute Gasteiger partial charge is 0.163 e. The quantitative estimate of drug-likeness (QED) is 0.747. The minimum absolute atomic E-state index is 0.336. The summed E-state index contributed by atoms with van der Waals surface area (Å²) in [4.78, 5) is 14.9. The standard InChI is InChI=1S/C17H13ClN4OS/c1-19-17-14(15-11(18)6-9-24-15)21-13(12-5-3-8-23-12)10-4-2-7-20-16(10)22-17/h2-9,14H,1H3,(H,19,20,22). The second-order valence-electron chi connectivity index (χ2n) is 5.11. The van der Waals surface area contributed by atoms with Crippen LogP contribution in [-0.4, -0.2) is 23.6 Å². The Kier molecular flexibility index (Phi) is 3.92. The van der Waals surface area contributed by atoms with Crippen LogP contribution in [0.5, 0.6) is 0 Å². The molecule has 1 atom stereocenters. The number of fused-ring (bicyclic) bond motifs is 1. The molecule has 4 heterocycles. The van der Waals surface area contributed by atoms with Gasteiger partial charge >= 0.3 is 0 Å². The van der Waals surface area contributed by atoms with E-state index in [1.807, 2.05) is 42.8 Å². The van der Waals surface area contributed by atoms with Crippen molar-refractivity contribution < 1.29 is 4.42 Å². The summed E-state index contributed by atoms with van der Waals surface area (Å²) in [6.07, 6.45) is 3.35. The molecule has 0 saturated heterocycles. The SMILES string of the molecule is CNC1=Nc2ncccc2C(c2ccco2)=NC1c1sccc1Cl. The summed E-state index contributed by atoms with van der Waals surface area (Å²) >= 11 is 7.90. The molecule has 0 aliphatic carbocycles. The van der Waals surface area contributed by atoms with Crippen LogP contribution >= 0.6 is 22.9 Å². The van der Waals surface area contributed by atoms with Crippen LogP contribution in [-0.2, 0) is 0 Å². The lowest BCUT2D eigenvalue weighted by Gasteiger charge is -2.13. The molecule has 0 fully saturated rings. The minimum atomic E-state index is -0.336. The molecule has 0 spiro atoms. The van der Waals surface area contributed by atoms with E-state index in [2.05, 4.69) is 15.3 Å². The topological polar surface area (TPSA) is 62.8 Å². The molecular weight excluding hydrogens is 344 g/mol. The van der Waals surface area contributed by atoms with Gasteiger partial charge in [-0.1, -0.05) is 11.6 Å². The van der Waals surface area contributed by atoms with E-state index in [-0.39, 0.29) is 6.04 Å². The highest BCUT2D eigenvalue weighted by Crippen LogP contribution is 2.36. The van der Waals surface area contributed by atoms with E-state index in [1.54, 1.807) is 23.8 Å². The van der Waals surface area contributed by atoms with Crippen LogP contribution in [0.15, 0.2) is 62.6 Å². The van der Waals surface area contributed by atoms with Crippen LogP contribution in [0.4, 0.5) is 5.82 Å². The number of thiophene rings is 1. The molecule has 0 amide bonds. The van der Waals surface area contributed by atoms with Crippen LogP contribution in [0.3, 0.4) is 0 Å². The Balaban J connectivity index is 1.97. The largest absolute Gasteiger partial charge is 0.463 e. The monoisotopic (exact) mass is 356 g/mol. The van der Waals surface area contributed by atoms with Gasteiger partial charge in [0.05, 0.1) is 16.2 Å². The maximum atomic E-state index is 6.35. The molecule has 5 nitrogen and oxygen atoms in total. The third kappa shape index (κ3) is 2.53. The van der Waals surface area contributed by atoms with Crippen molar-refractivity contribution in [3.05, 3.63) is 69.4 Å². The van der Waals surface area contributed by atoms with Crippen molar-refractivity contribution in [2.75, 3.05) is 7.05 Å². The van der Waals surface area contributed by atoms with Crippen molar-refractivity contribution in [3.8, 4) is 0 Å². The number of halogens is 1. The number of amidine groups is 1. The second kappa shape index (κ2) is 6.22. The highest BCUT2D eigenvalue weighted by atomic mass is 35.5. The van der Waals surface area contributed by atoms with E-state index in [4.69, 9.17) is 21.0 Å². The first-order valence-corrected chi connectivity index (χ1v) is 8.60. The molecule has 1 N–H and O–H groups in total. The lowest BCUT2D eigenvalue weighted by molar-refractivity contribution is 0.557. The van der Waals surface area contributed by atoms with Gasteiger partial charge in [-0.2, -0.15) is 0 Å². The Hall–Kier alpha value is -2.44. The second-order valence-corrected chi connectivity index (χ2v) is 6.47. The highest BCUT2D eigenvalue weighted by Gasteiger charge is 2.27. The number of aliphatic imine (C=N–C) groups is 2. The Morgan fingerprint density at radius 2 is 2.17 bits per heavy atom. The molecule has 3 aromatic rings. The number of hydrogen-bond donors (Lipinski definition) is 1. The zero-order chi connectivity index (χ0) is 16.5. The van der Waals surface area contributed by atoms with Crippen molar-refractivity contribution >= 4 is 40.3 Å². The van der Waals surface area contributed by atoms with Crippen LogP contribution in [0.2, 0.25) is 5.02 Å². The maximum absolute atomic E-state index is 6.35. The van der Waals surface area contributed by atoms with Gasteiger partial charge in [-0.15, -0.1) is 11.3 Å². The zero-order valence-electron chi connectivity index (χ0n) is 12.7.